The molecule has 1 atom stereocenters. The fraction of sp³-hybridized carbons (Fsp3) is 0.500. The molecule has 0 aromatic heterocycles. The minimum absolute atomic E-state index is 0.245. The van der Waals surface area contributed by atoms with E-state index in [1.807, 2.05) is 0 Å². The van der Waals surface area contributed by atoms with Gasteiger partial charge in [-0.15, -0.1) is 0 Å². The van der Waals surface area contributed by atoms with Gasteiger partial charge in [0.15, 0.2) is 0 Å². The van der Waals surface area contributed by atoms with E-state index in [9.17, 15) is 12.8 Å². The van der Waals surface area contributed by atoms with Gasteiger partial charge in [0.05, 0.1) is 0 Å². The molecule has 0 saturated carbocycles. The summed E-state index contributed by atoms with van der Waals surface area (Å²) < 4.78 is 40.6. The second kappa shape index (κ2) is 6.20. The second-order valence-electron chi connectivity index (χ2n) is 4.60. The number of sulfonamides is 1. The van der Waals surface area contributed by atoms with Crippen LogP contribution in [0.2, 0.25) is 0 Å². The molecule has 1 aliphatic heterocycles. The average molecular weight is 415 g/mol. The number of hydrogen-bond acceptors (Lipinski definition) is 2. The molecule has 106 valence electrons. The molecule has 1 aromatic carbocycles. The Morgan fingerprint density at radius 3 is 2.79 bits per heavy atom. The monoisotopic (exact) mass is 413 g/mol. The predicted octanol–water partition coefficient (Wildman–Crippen LogP) is 3.38. The van der Waals surface area contributed by atoms with E-state index in [1.54, 1.807) is 6.07 Å². The quantitative estimate of drug-likeness (QED) is 0.711. The minimum Gasteiger partial charge on any atom is -0.207 e. The molecule has 0 radical (unpaired) electrons. The van der Waals surface area contributed by atoms with Crippen molar-refractivity contribution in [3.8, 4) is 0 Å². The van der Waals surface area contributed by atoms with Crippen molar-refractivity contribution in [3.63, 3.8) is 0 Å². The third-order valence-corrected chi connectivity index (χ3v) is 6.52. The SMILES string of the molecule is O=S(=O)(c1ccc(Br)cc1F)N1CCCC(CBr)C1. The highest BCUT2D eigenvalue weighted by Gasteiger charge is 2.31. The van der Waals surface area contributed by atoms with Gasteiger partial charge in [-0.1, -0.05) is 31.9 Å². The van der Waals surface area contributed by atoms with Gasteiger partial charge in [-0.2, -0.15) is 4.31 Å². The lowest BCUT2D eigenvalue weighted by Gasteiger charge is -2.31. The summed E-state index contributed by atoms with van der Waals surface area (Å²) in [7, 11) is -3.74. The molecule has 0 N–H and O–H groups in total. The molecular weight excluding hydrogens is 401 g/mol. The van der Waals surface area contributed by atoms with Gasteiger partial charge < -0.3 is 0 Å². The summed E-state index contributed by atoms with van der Waals surface area (Å²) in [5.74, 6) is -0.419. The first kappa shape index (κ1) is 15.4. The van der Waals surface area contributed by atoms with Crippen molar-refractivity contribution in [1.82, 2.24) is 4.31 Å². The van der Waals surface area contributed by atoms with Crippen LogP contribution in [0, 0.1) is 11.7 Å². The van der Waals surface area contributed by atoms with Crippen molar-refractivity contribution < 1.29 is 12.8 Å². The Morgan fingerprint density at radius 2 is 2.16 bits per heavy atom. The van der Waals surface area contributed by atoms with Crippen molar-refractivity contribution in [3.05, 3.63) is 28.5 Å². The highest BCUT2D eigenvalue weighted by atomic mass is 79.9. The third-order valence-electron chi connectivity index (χ3n) is 3.21. The van der Waals surface area contributed by atoms with Crippen LogP contribution in [0.15, 0.2) is 27.6 Å². The lowest BCUT2D eigenvalue weighted by atomic mass is 10.0. The van der Waals surface area contributed by atoms with Crippen molar-refractivity contribution in [1.29, 1.82) is 0 Å². The molecule has 7 heteroatoms. The van der Waals surface area contributed by atoms with Gasteiger partial charge in [-0.3, -0.25) is 0 Å². The van der Waals surface area contributed by atoms with Crippen LogP contribution in [0.25, 0.3) is 0 Å². The molecule has 1 aliphatic rings. The Labute approximate surface area is 129 Å². The van der Waals surface area contributed by atoms with E-state index in [0.717, 1.165) is 18.2 Å². The van der Waals surface area contributed by atoms with Gasteiger partial charge in [-0.25, -0.2) is 12.8 Å². The first-order valence-electron chi connectivity index (χ1n) is 5.96. The molecule has 1 saturated heterocycles. The van der Waals surface area contributed by atoms with Gasteiger partial charge in [0.25, 0.3) is 0 Å². The molecule has 1 unspecified atom stereocenters. The lowest BCUT2D eigenvalue weighted by Crippen LogP contribution is -2.40. The number of piperidine rings is 1. The molecule has 2 rings (SSSR count). The van der Waals surface area contributed by atoms with E-state index in [-0.39, 0.29) is 4.90 Å². The first-order valence-corrected chi connectivity index (χ1v) is 9.32. The third kappa shape index (κ3) is 3.37. The molecule has 1 fully saturated rings. The second-order valence-corrected chi connectivity index (χ2v) is 8.07. The number of hydrogen-bond donors (Lipinski definition) is 0. The van der Waals surface area contributed by atoms with Crippen LogP contribution in [0.4, 0.5) is 4.39 Å². The van der Waals surface area contributed by atoms with Crippen LogP contribution < -0.4 is 0 Å². The van der Waals surface area contributed by atoms with E-state index in [0.29, 0.717) is 23.5 Å². The smallest absolute Gasteiger partial charge is 0.207 e. The summed E-state index contributed by atoms with van der Waals surface area (Å²) in [6, 6.07) is 4.03. The molecule has 1 aromatic rings. The zero-order valence-electron chi connectivity index (χ0n) is 10.2. The van der Waals surface area contributed by atoms with Crippen LogP contribution in [0.5, 0.6) is 0 Å². The molecular formula is C12H14Br2FNO2S. The van der Waals surface area contributed by atoms with Crippen LogP contribution >= 0.6 is 31.9 Å². The van der Waals surface area contributed by atoms with Crippen LogP contribution in [0.3, 0.4) is 0 Å². The van der Waals surface area contributed by atoms with Gasteiger partial charge in [-0.05, 0) is 37.0 Å². The Morgan fingerprint density at radius 1 is 1.42 bits per heavy atom. The molecule has 0 aliphatic carbocycles. The summed E-state index contributed by atoms with van der Waals surface area (Å²) in [4.78, 5) is -0.245. The highest BCUT2D eigenvalue weighted by Crippen LogP contribution is 2.27. The molecule has 3 nitrogen and oxygen atoms in total. The lowest BCUT2D eigenvalue weighted by molar-refractivity contribution is 0.284. The number of rotatable bonds is 3. The molecule has 0 spiro atoms. The fourth-order valence-electron chi connectivity index (χ4n) is 2.19. The van der Waals surface area contributed by atoms with Crippen LogP contribution in [0.1, 0.15) is 12.8 Å². The zero-order chi connectivity index (χ0) is 14.0. The molecule has 1 heterocycles. The minimum atomic E-state index is -3.74. The van der Waals surface area contributed by atoms with E-state index >= 15 is 0 Å². The van der Waals surface area contributed by atoms with Gasteiger partial charge in [0, 0.05) is 22.9 Å². The summed E-state index contributed by atoms with van der Waals surface area (Å²) in [6.45, 7) is 0.907. The van der Waals surface area contributed by atoms with Crippen molar-refractivity contribution in [2.24, 2.45) is 5.92 Å². The number of nitrogens with zero attached hydrogens (tertiary/aromatic N) is 1. The fourth-order valence-corrected chi connectivity index (χ4v) is 4.66. The maximum absolute atomic E-state index is 13.8. The van der Waals surface area contributed by atoms with E-state index in [4.69, 9.17) is 0 Å². The Hall–Kier alpha value is 0.0200. The first-order chi connectivity index (χ1) is 8.95. The van der Waals surface area contributed by atoms with Crippen LogP contribution in [-0.2, 0) is 10.0 Å². The number of halogens is 3. The average Bonchev–Trinajstić information content (AvgIpc) is 2.38. The summed E-state index contributed by atoms with van der Waals surface area (Å²) in [5, 5.41) is 0.766. The largest absolute Gasteiger partial charge is 0.245 e. The summed E-state index contributed by atoms with van der Waals surface area (Å²) in [5.41, 5.74) is 0. The Balaban J connectivity index is 2.31. The summed E-state index contributed by atoms with van der Waals surface area (Å²) >= 11 is 6.51. The van der Waals surface area contributed by atoms with Gasteiger partial charge in [0.2, 0.25) is 10.0 Å². The van der Waals surface area contributed by atoms with E-state index in [2.05, 4.69) is 31.9 Å². The standard InChI is InChI=1S/C12H14Br2FNO2S/c13-7-9-2-1-5-16(8-9)19(17,18)12-4-3-10(14)6-11(12)15/h3-4,6,9H,1-2,5,7-8H2. The Kier molecular flexibility index (Phi) is 5.03. The van der Waals surface area contributed by atoms with E-state index in [1.165, 1.54) is 16.4 Å². The Bertz CT molecular complexity index is 565. The summed E-state index contributed by atoms with van der Waals surface area (Å²) in [6.07, 6.45) is 1.81. The maximum atomic E-state index is 13.8. The molecule has 0 amide bonds. The van der Waals surface area contributed by atoms with Gasteiger partial charge >= 0.3 is 0 Å². The van der Waals surface area contributed by atoms with Crippen LogP contribution in [-0.4, -0.2) is 31.1 Å². The van der Waals surface area contributed by atoms with E-state index < -0.39 is 15.8 Å². The normalized spacial score (nSPS) is 21.5. The number of alkyl halides is 1. The van der Waals surface area contributed by atoms with Crippen molar-refractivity contribution in [2.45, 2.75) is 17.7 Å². The van der Waals surface area contributed by atoms with Gasteiger partial charge in [0.1, 0.15) is 10.7 Å². The number of benzene rings is 1. The van der Waals surface area contributed by atoms with Crippen molar-refractivity contribution in [2.75, 3.05) is 18.4 Å². The predicted molar refractivity (Wildman–Crippen MR) is 79.4 cm³/mol. The topological polar surface area (TPSA) is 37.4 Å². The zero-order valence-corrected chi connectivity index (χ0v) is 14.1. The maximum Gasteiger partial charge on any atom is 0.245 e. The highest BCUT2D eigenvalue weighted by molar-refractivity contribution is 9.10. The van der Waals surface area contributed by atoms with Crippen molar-refractivity contribution >= 4 is 41.9 Å². The molecule has 0 bridgehead atoms. The molecule has 19 heavy (non-hydrogen) atoms.